The van der Waals surface area contributed by atoms with E-state index in [4.69, 9.17) is 4.74 Å². The highest BCUT2D eigenvalue weighted by atomic mass is 32.2. The monoisotopic (exact) mass is 404 g/mol. The number of nitrogens with one attached hydrogen (secondary N) is 1. The van der Waals surface area contributed by atoms with Gasteiger partial charge in [0.1, 0.15) is 17.2 Å². The van der Waals surface area contributed by atoms with Gasteiger partial charge >= 0.3 is 0 Å². The highest BCUT2D eigenvalue weighted by Crippen LogP contribution is 2.39. The first kappa shape index (κ1) is 20.4. The van der Waals surface area contributed by atoms with Gasteiger partial charge in [0.15, 0.2) is 0 Å². The van der Waals surface area contributed by atoms with Gasteiger partial charge in [-0.2, -0.15) is 4.39 Å². The molecule has 2 N–H and O–H groups in total. The molecular weight excluding hydrogens is 379 g/mol. The molecule has 0 fully saturated rings. The maximum absolute atomic E-state index is 14.1. The van der Waals surface area contributed by atoms with Gasteiger partial charge < -0.3 is 15.2 Å². The molecule has 0 radical (unpaired) electrons. The molecule has 0 aliphatic heterocycles. The van der Waals surface area contributed by atoms with Gasteiger partial charge in [0.05, 0.1) is 30.0 Å². The summed E-state index contributed by atoms with van der Waals surface area (Å²) in [6.07, 6.45) is 3.11. The molecular formula is C20H25FN4O2S. The van der Waals surface area contributed by atoms with Crippen LogP contribution in [0.2, 0.25) is 0 Å². The molecule has 0 unspecified atom stereocenters. The maximum atomic E-state index is 14.1. The summed E-state index contributed by atoms with van der Waals surface area (Å²) in [5.41, 5.74) is 2.10. The largest absolute Gasteiger partial charge is 0.495 e. The van der Waals surface area contributed by atoms with Crippen LogP contribution in [0.5, 0.6) is 5.75 Å². The van der Waals surface area contributed by atoms with Crippen LogP contribution in [0.4, 0.5) is 10.2 Å². The topological polar surface area (TPSA) is 71.7 Å². The molecule has 0 aliphatic rings. The number of aliphatic hydroxyl groups is 1. The molecule has 3 rings (SSSR count). The Bertz CT molecular complexity index is 982. The van der Waals surface area contributed by atoms with E-state index in [1.54, 1.807) is 38.1 Å². The summed E-state index contributed by atoms with van der Waals surface area (Å²) in [6, 6.07) is 5.00. The molecule has 8 heteroatoms. The molecule has 0 spiro atoms. The third-order valence-electron chi connectivity index (χ3n) is 3.88. The summed E-state index contributed by atoms with van der Waals surface area (Å²) in [4.78, 5) is 9.27. The normalized spacial score (nSPS) is 13.0. The van der Waals surface area contributed by atoms with E-state index in [9.17, 15) is 9.50 Å². The van der Waals surface area contributed by atoms with Crippen LogP contribution < -0.4 is 10.1 Å². The minimum Gasteiger partial charge on any atom is -0.495 e. The third kappa shape index (κ3) is 4.74. The van der Waals surface area contributed by atoms with Gasteiger partial charge in [-0.05, 0) is 13.0 Å². The summed E-state index contributed by atoms with van der Waals surface area (Å²) in [5, 5.41) is 12.4. The molecule has 28 heavy (non-hydrogen) atoms. The molecule has 6 nitrogen and oxygen atoms in total. The number of anilines is 1. The van der Waals surface area contributed by atoms with Crippen LogP contribution in [0, 0.1) is 5.95 Å². The summed E-state index contributed by atoms with van der Waals surface area (Å²) in [5.74, 6) is 0.520. The maximum Gasteiger partial charge on any atom is 0.215 e. The molecule has 0 saturated heterocycles. The van der Waals surface area contributed by atoms with Gasteiger partial charge in [-0.15, -0.1) is 11.8 Å². The fraction of sp³-hybridized carbons (Fsp3) is 0.400. The summed E-state index contributed by atoms with van der Waals surface area (Å²) < 4.78 is 21.5. The molecule has 0 saturated carbocycles. The Morgan fingerprint density at radius 2 is 2.07 bits per heavy atom. The number of rotatable bonds is 6. The lowest BCUT2D eigenvalue weighted by Crippen LogP contribution is -2.16. The van der Waals surface area contributed by atoms with Crippen LogP contribution in [0.1, 0.15) is 27.7 Å². The van der Waals surface area contributed by atoms with Gasteiger partial charge in [-0.3, -0.25) is 4.40 Å². The first-order chi connectivity index (χ1) is 13.2. The molecule has 0 aromatic carbocycles. The first-order valence-corrected chi connectivity index (χ1v) is 9.82. The van der Waals surface area contributed by atoms with Crippen molar-refractivity contribution in [3.05, 3.63) is 36.5 Å². The molecule has 3 heterocycles. The Morgan fingerprint density at radius 1 is 1.32 bits per heavy atom. The Labute approximate surface area is 168 Å². The minimum absolute atomic E-state index is 0.00253. The van der Waals surface area contributed by atoms with E-state index in [2.05, 4.69) is 36.1 Å². The van der Waals surface area contributed by atoms with Crippen molar-refractivity contribution < 1.29 is 14.2 Å². The van der Waals surface area contributed by atoms with E-state index in [-0.39, 0.29) is 11.3 Å². The zero-order valence-corrected chi connectivity index (χ0v) is 17.5. The predicted molar refractivity (Wildman–Crippen MR) is 111 cm³/mol. The van der Waals surface area contributed by atoms with Crippen molar-refractivity contribution in [2.75, 3.05) is 19.0 Å². The van der Waals surface area contributed by atoms with Crippen molar-refractivity contribution in [1.82, 2.24) is 14.4 Å². The molecule has 0 amide bonds. The average molecular weight is 405 g/mol. The predicted octanol–water partition coefficient (Wildman–Crippen LogP) is 4.23. The summed E-state index contributed by atoms with van der Waals surface area (Å²) >= 11 is 1.69. The van der Waals surface area contributed by atoms with Crippen molar-refractivity contribution in [2.24, 2.45) is 0 Å². The van der Waals surface area contributed by atoms with E-state index in [1.807, 2.05) is 16.7 Å². The van der Waals surface area contributed by atoms with E-state index >= 15 is 0 Å². The second-order valence-corrected chi connectivity index (χ2v) is 9.45. The van der Waals surface area contributed by atoms with Crippen molar-refractivity contribution in [3.63, 3.8) is 0 Å². The highest BCUT2D eigenvalue weighted by Gasteiger charge is 2.18. The van der Waals surface area contributed by atoms with Gasteiger partial charge in [0.25, 0.3) is 0 Å². The Morgan fingerprint density at radius 3 is 2.71 bits per heavy atom. The van der Waals surface area contributed by atoms with E-state index in [0.29, 0.717) is 17.0 Å². The number of hydrogen-bond donors (Lipinski definition) is 2. The Balaban J connectivity index is 2.07. The van der Waals surface area contributed by atoms with Crippen LogP contribution in [0.3, 0.4) is 0 Å². The van der Waals surface area contributed by atoms with Crippen molar-refractivity contribution in [3.8, 4) is 17.0 Å². The molecule has 0 aliphatic carbocycles. The standard InChI is InChI=1S/C20H25FN4O2S/c1-12(26)9-22-18-7-13(6-17(21)24-18)14-10-23-19-8-15(27-5)16(11-25(14)19)28-20(2,3)4/h6-8,10-12,26H,9H2,1-5H3,(H,22,24)/t12-/m0/s1. The fourth-order valence-electron chi connectivity index (χ4n) is 2.75. The number of pyridine rings is 2. The lowest BCUT2D eigenvalue weighted by Gasteiger charge is -2.19. The minimum atomic E-state index is -0.599. The van der Waals surface area contributed by atoms with Crippen LogP contribution >= 0.6 is 11.8 Å². The quantitative estimate of drug-likeness (QED) is 0.473. The Hall–Kier alpha value is -2.32. The molecule has 3 aromatic heterocycles. The fourth-order valence-corrected chi connectivity index (χ4v) is 3.81. The van der Waals surface area contributed by atoms with Gasteiger partial charge in [-0.25, -0.2) is 9.97 Å². The SMILES string of the molecule is COc1cc2ncc(-c3cc(F)nc(NC[C@H](C)O)c3)n2cc1SC(C)(C)C. The number of nitrogens with zero attached hydrogens (tertiary/aromatic N) is 3. The van der Waals surface area contributed by atoms with E-state index < -0.39 is 12.1 Å². The number of hydrogen-bond acceptors (Lipinski definition) is 6. The molecule has 3 aromatic rings. The Kier molecular flexibility index (Phi) is 5.81. The average Bonchev–Trinajstić information content (AvgIpc) is 3.00. The van der Waals surface area contributed by atoms with Gasteiger partial charge in [0.2, 0.25) is 5.95 Å². The van der Waals surface area contributed by atoms with E-state index in [0.717, 1.165) is 16.3 Å². The lowest BCUT2D eigenvalue weighted by atomic mass is 10.2. The number of aliphatic hydroxyl groups excluding tert-OH is 1. The van der Waals surface area contributed by atoms with Crippen LogP contribution in [-0.4, -0.2) is 44.0 Å². The number of ether oxygens (including phenoxy) is 1. The van der Waals surface area contributed by atoms with Crippen molar-refractivity contribution in [2.45, 2.75) is 43.4 Å². The van der Waals surface area contributed by atoms with Crippen LogP contribution in [-0.2, 0) is 0 Å². The molecule has 1 atom stereocenters. The van der Waals surface area contributed by atoms with Gasteiger partial charge in [0, 0.05) is 35.2 Å². The highest BCUT2D eigenvalue weighted by molar-refractivity contribution is 8.00. The number of fused-ring (bicyclic) bond motifs is 1. The zero-order valence-electron chi connectivity index (χ0n) is 16.7. The summed E-state index contributed by atoms with van der Waals surface area (Å²) in [6.45, 7) is 8.34. The summed E-state index contributed by atoms with van der Waals surface area (Å²) in [7, 11) is 1.64. The number of imidazole rings is 1. The molecule has 0 bridgehead atoms. The lowest BCUT2D eigenvalue weighted by molar-refractivity contribution is 0.208. The smallest absolute Gasteiger partial charge is 0.215 e. The van der Waals surface area contributed by atoms with Crippen molar-refractivity contribution in [1.29, 1.82) is 0 Å². The number of aromatic nitrogens is 3. The first-order valence-electron chi connectivity index (χ1n) is 9.00. The van der Waals surface area contributed by atoms with Gasteiger partial charge in [-0.1, -0.05) is 20.8 Å². The number of methoxy groups -OCH3 is 1. The van der Waals surface area contributed by atoms with Crippen LogP contribution in [0.25, 0.3) is 16.9 Å². The zero-order chi connectivity index (χ0) is 20.5. The van der Waals surface area contributed by atoms with Crippen LogP contribution in [0.15, 0.2) is 35.5 Å². The molecule has 150 valence electrons. The number of halogens is 1. The van der Waals surface area contributed by atoms with Crippen molar-refractivity contribution >= 4 is 23.2 Å². The van der Waals surface area contributed by atoms with E-state index in [1.165, 1.54) is 6.07 Å². The second kappa shape index (κ2) is 7.97. The third-order valence-corrected chi connectivity index (χ3v) is 5.02. The number of thioether (sulfide) groups is 1. The second-order valence-electron chi connectivity index (χ2n) is 7.59.